The number of carboxylic acids is 1. The highest BCUT2D eigenvalue weighted by Gasteiger charge is 2.32. The molecule has 4 N–H and O–H groups in total. The van der Waals surface area contributed by atoms with Crippen molar-refractivity contribution in [2.75, 3.05) is 0 Å². The molecule has 0 spiro atoms. The summed E-state index contributed by atoms with van der Waals surface area (Å²) in [5.41, 5.74) is 2.51. The zero-order valence-corrected chi connectivity index (χ0v) is 21.8. The number of carbonyl (C=O) groups is 3. The summed E-state index contributed by atoms with van der Waals surface area (Å²) in [4.78, 5) is 38.2. The van der Waals surface area contributed by atoms with Gasteiger partial charge in [-0.2, -0.15) is 0 Å². The van der Waals surface area contributed by atoms with Crippen LogP contribution in [0.1, 0.15) is 49.3 Å². The van der Waals surface area contributed by atoms with Gasteiger partial charge in [-0.15, -0.1) is 0 Å². The van der Waals surface area contributed by atoms with Crippen molar-refractivity contribution >= 4 is 17.8 Å². The van der Waals surface area contributed by atoms with E-state index in [1.54, 1.807) is 0 Å². The first-order valence-electron chi connectivity index (χ1n) is 12.9. The van der Waals surface area contributed by atoms with Crippen molar-refractivity contribution in [3.8, 4) is 0 Å². The predicted octanol–water partition coefficient (Wildman–Crippen LogP) is 3.91. The maximum atomic E-state index is 13.6. The van der Waals surface area contributed by atoms with Gasteiger partial charge in [-0.3, -0.25) is 14.4 Å². The summed E-state index contributed by atoms with van der Waals surface area (Å²) in [7, 11) is 0. The van der Waals surface area contributed by atoms with Gasteiger partial charge in [0.05, 0.1) is 18.1 Å². The number of hydrogen-bond acceptors (Lipinski definition) is 4. The average Bonchev–Trinajstić information content (AvgIpc) is 2.91. The Balaban J connectivity index is 1.81. The number of aliphatic hydroxyl groups excluding tert-OH is 1. The Labute approximate surface area is 223 Å². The van der Waals surface area contributed by atoms with E-state index >= 15 is 0 Å². The molecule has 0 radical (unpaired) electrons. The molecule has 3 aromatic carbocycles. The number of aliphatic hydroxyl groups is 1. The fourth-order valence-electron chi connectivity index (χ4n) is 4.45. The lowest BCUT2D eigenvalue weighted by Crippen LogP contribution is -2.55. The highest BCUT2D eigenvalue weighted by atomic mass is 16.4. The first-order valence-corrected chi connectivity index (χ1v) is 12.9. The van der Waals surface area contributed by atoms with Crippen molar-refractivity contribution in [1.82, 2.24) is 10.6 Å². The molecule has 200 valence electrons. The lowest BCUT2D eigenvalue weighted by molar-refractivity contribution is -0.137. The van der Waals surface area contributed by atoms with Crippen LogP contribution in [-0.2, 0) is 20.8 Å². The van der Waals surface area contributed by atoms with Gasteiger partial charge in [-0.05, 0) is 35.4 Å². The van der Waals surface area contributed by atoms with Gasteiger partial charge in [-0.25, -0.2) is 0 Å². The summed E-state index contributed by atoms with van der Waals surface area (Å²) in [5.74, 6) is -2.59. The summed E-state index contributed by atoms with van der Waals surface area (Å²) in [6.45, 7) is 3.69. The van der Waals surface area contributed by atoms with Crippen LogP contribution in [0.3, 0.4) is 0 Å². The van der Waals surface area contributed by atoms with Crippen molar-refractivity contribution < 1.29 is 24.6 Å². The quantitative estimate of drug-likeness (QED) is 0.275. The van der Waals surface area contributed by atoms with Crippen molar-refractivity contribution in [1.29, 1.82) is 0 Å². The third-order valence-electron chi connectivity index (χ3n) is 6.52. The number of benzene rings is 3. The molecule has 3 unspecified atom stereocenters. The zero-order chi connectivity index (χ0) is 27.5. The molecule has 0 saturated heterocycles. The highest BCUT2D eigenvalue weighted by Crippen LogP contribution is 2.25. The van der Waals surface area contributed by atoms with Gasteiger partial charge < -0.3 is 20.8 Å². The molecule has 0 fully saturated rings. The molecule has 38 heavy (non-hydrogen) atoms. The Morgan fingerprint density at radius 2 is 1.24 bits per heavy atom. The number of hydrogen-bond donors (Lipinski definition) is 4. The number of carbonyl (C=O) groups excluding carboxylic acids is 2. The first kappa shape index (κ1) is 28.6. The SMILES string of the molecule is CC(C)C(NC(=O)C(c1ccccc1)c1ccccc1)C(=O)NC(Cc1ccccc1)C(O)CCC(=O)O. The molecule has 0 bridgehead atoms. The van der Waals surface area contributed by atoms with Crippen LogP contribution >= 0.6 is 0 Å². The third kappa shape index (κ3) is 8.28. The molecule has 0 aliphatic carbocycles. The van der Waals surface area contributed by atoms with Crippen LogP contribution in [0, 0.1) is 5.92 Å². The van der Waals surface area contributed by atoms with Crippen LogP contribution in [0.25, 0.3) is 0 Å². The molecular formula is C31H36N2O5. The minimum Gasteiger partial charge on any atom is -0.481 e. The summed E-state index contributed by atoms with van der Waals surface area (Å²) < 4.78 is 0. The second-order valence-electron chi connectivity index (χ2n) is 9.79. The molecule has 7 nitrogen and oxygen atoms in total. The maximum Gasteiger partial charge on any atom is 0.303 e. The van der Waals surface area contributed by atoms with Crippen molar-refractivity contribution in [3.05, 3.63) is 108 Å². The third-order valence-corrected chi connectivity index (χ3v) is 6.52. The molecule has 0 aliphatic heterocycles. The van der Waals surface area contributed by atoms with E-state index in [0.717, 1.165) is 16.7 Å². The van der Waals surface area contributed by atoms with E-state index in [1.807, 2.05) is 105 Å². The van der Waals surface area contributed by atoms with Crippen molar-refractivity contribution in [2.24, 2.45) is 5.92 Å². The molecule has 3 aromatic rings. The Morgan fingerprint density at radius 3 is 1.71 bits per heavy atom. The maximum absolute atomic E-state index is 13.6. The smallest absolute Gasteiger partial charge is 0.303 e. The summed E-state index contributed by atoms with van der Waals surface area (Å²) in [6.07, 6.45) is -0.971. The van der Waals surface area contributed by atoms with E-state index in [0.29, 0.717) is 6.42 Å². The number of rotatable bonds is 13. The Hall–Kier alpha value is -3.97. The monoisotopic (exact) mass is 516 g/mol. The number of aliphatic carboxylic acids is 1. The van der Waals surface area contributed by atoms with Crippen LogP contribution in [0.4, 0.5) is 0 Å². The highest BCUT2D eigenvalue weighted by molar-refractivity contribution is 5.92. The fraction of sp³-hybridized carbons (Fsp3) is 0.323. The molecule has 0 aromatic heterocycles. The van der Waals surface area contributed by atoms with Gasteiger partial charge >= 0.3 is 5.97 Å². The molecular weight excluding hydrogens is 480 g/mol. The van der Waals surface area contributed by atoms with Gasteiger partial charge in [0.1, 0.15) is 6.04 Å². The Bertz CT molecular complexity index is 1130. The van der Waals surface area contributed by atoms with Crippen LogP contribution in [0.15, 0.2) is 91.0 Å². The predicted molar refractivity (Wildman–Crippen MR) is 146 cm³/mol. The summed E-state index contributed by atoms with van der Waals surface area (Å²) in [5, 5.41) is 25.7. The minimum absolute atomic E-state index is 0.00406. The zero-order valence-electron chi connectivity index (χ0n) is 21.8. The molecule has 0 aliphatic rings. The minimum atomic E-state index is -1.07. The standard InChI is InChI=1S/C31H36N2O5/c1-21(2)29(33-30(37)28(23-14-8-4-9-15-23)24-16-10-5-11-17-24)31(38)32-25(26(34)18-19-27(35)36)20-22-12-6-3-7-13-22/h3-17,21,25-26,28-29,34H,18-20H2,1-2H3,(H,32,38)(H,33,37)(H,35,36). The van der Waals surface area contributed by atoms with Crippen molar-refractivity contribution in [3.63, 3.8) is 0 Å². The van der Waals surface area contributed by atoms with Crippen LogP contribution in [0.2, 0.25) is 0 Å². The molecule has 3 atom stereocenters. The van der Waals surface area contributed by atoms with Gasteiger partial charge in [-0.1, -0.05) is 105 Å². The normalized spacial score (nSPS) is 13.5. The summed E-state index contributed by atoms with van der Waals surface area (Å²) >= 11 is 0. The average molecular weight is 517 g/mol. The van der Waals surface area contributed by atoms with E-state index in [-0.39, 0.29) is 24.7 Å². The van der Waals surface area contributed by atoms with E-state index < -0.39 is 36.0 Å². The lowest BCUT2D eigenvalue weighted by atomic mass is 9.89. The topological polar surface area (TPSA) is 116 Å². The second-order valence-corrected chi connectivity index (χ2v) is 9.79. The molecule has 7 heteroatoms. The second kappa shape index (κ2) is 14.1. The van der Waals surface area contributed by atoms with Crippen LogP contribution in [0.5, 0.6) is 0 Å². The van der Waals surface area contributed by atoms with E-state index in [1.165, 1.54) is 0 Å². The van der Waals surface area contributed by atoms with Gasteiger partial charge in [0.2, 0.25) is 11.8 Å². The summed E-state index contributed by atoms with van der Waals surface area (Å²) in [6, 6.07) is 26.6. The van der Waals surface area contributed by atoms with E-state index in [4.69, 9.17) is 5.11 Å². The van der Waals surface area contributed by atoms with Gasteiger partial charge in [0.15, 0.2) is 0 Å². The molecule has 0 saturated carbocycles. The van der Waals surface area contributed by atoms with E-state index in [2.05, 4.69) is 10.6 Å². The number of nitrogens with one attached hydrogen (secondary N) is 2. The van der Waals surface area contributed by atoms with Gasteiger partial charge in [0, 0.05) is 6.42 Å². The molecule has 3 rings (SSSR count). The van der Waals surface area contributed by atoms with Crippen LogP contribution < -0.4 is 10.6 Å². The number of amides is 2. The van der Waals surface area contributed by atoms with Gasteiger partial charge in [0.25, 0.3) is 0 Å². The Kier molecular flexibility index (Phi) is 10.6. The molecule has 0 heterocycles. The molecule has 2 amide bonds. The lowest BCUT2D eigenvalue weighted by Gasteiger charge is -2.29. The first-order chi connectivity index (χ1) is 18.3. The fourth-order valence-corrected chi connectivity index (χ4v) is 4.45. The van der Waals surface area contributed by atoms with E-state index in [9.17, 15) is 19.5 Å². The van der Waals surface area contributed by atoms with Crippen LogP contribution in [-0.4, -0.2) is 46.2 Å². The van der Waals surface area contributed by atoms with Crippen molar-refractivity contribution in [2.45, 2.75) is 57.2 Å². The number of carboxylic acid groups (broad SMARTS) is 1. The Morgan fingerprint density at radius 1 is 0.737 bits per heavy atom. The largest absolute Gasteiger partial charge is 0.481 e.